The van der Waals surface area contributed by atoms with Crippen molar-refractivity contribution in [1.29, 1.82) is 0 Å². The van der Waals surface area contributed by atoms with Crippen molar-refractivity contribution in [2.75, 3.05) is 18.2 Å². The molecule has 0 spiro atoms. The molecular formula is C10H20ClNO2S. The number of unbranched alkanes of at least 4 members (excludes halogenated alkanes) is 1. The normalized spacial score (nSPS) is 19.1. The van der Waals surface area contributed by atoms with Gasteiger partial charge in [0.15, 0.2) is 0 Å². The number of nitrogens with one attached hydrogen (secondary N) is 1. The summed E-state index contributed by atoms with van der Waals surface area (Å²) >= 11 is 5.49. The Morgan fingerprint density at radius 3 is 2.60 bits per heavy atom. The summed E-state index contributed by atoms with van der Waals surface area (Å²) in [7, 11) is -3.06. The van der Waals surface area contributed by atoms with E-state index in [0.717, 1.165) is 12.3 Å². The maximum absolute atomic E-state index is 11.5. The summed E-state index contributed by atoms with van der Waals surface area (Å²) in [6.45, 7) is 2.70. The molecule has 0 aromatic carbocycles. The molecule has 1 aliphatic rings. The topological polar surface area (TPSA) is 46.2 Å². The van der Waals surface area contributed by atoms with E-state index in [1.54, 1.807) is 0 Å². The van der Waals surface area contributed by atoms with E-state index in [1.165, 1.54) is 12.8 Å². The first kappa shape index (κ1) is 13.3. The van der Waals surface area contributed by atoms with E-state index in [1.807, 2.05) is 0 Å². The highest BCUT2D eigenvalue weighted by Gasteiger charge is 2.28. The van der Waals surface area contributed by atoms with E-state index in [-0.39, 0.29) is 5.75 Å². The molecule has 0 aromatic rings. The number of halogens is 1. The predicted octanol–water partition coefficient (Wildman–Crippen LogP) is 1.97. The van der Waals surface area contributed by atoms with Crippen molar-refractivity contribution in [1.82, 2.24) is 4.72 Å². The van der Waals surface area contributed by atoms with Gasteiger partial charge in [-0.05, 0) is 37.5 Å². The summed E-state index contributed by atoms with van der Waals surface area (Å²) in [5.41, 5.74) is 0. The van der Waals surface area contributed by atoms with Crippen LogP contribution in [0.15, 0.2) is 0 Å². The third-order valence-corrected chi connectivity index (χ3v) is 4.55. The first-order valence-electron chi connectivity index (χ1n) is 5.58. The Balaban J connectivity index is 2.16. The minimum Gasteiger partial charge on any atom is -0.215 e. The number of alkyl halides is 1. The summed E-state index contributed by atoms with van der Waals surface area (Å²) in [6.07, 6.45) is 3.93. The van der Waals surface area contributed by atoms with Gasteiger partial charge in [0.05, 0.1) is 5.75 Å². The SMILES string of the molecule is CC(CNS(=O)(=O)CCCCCl)C1CC1. The number of sulfonamides is 1. The fourth-order valence-corrected chi connectivity index (χ4v) is 2.98. The molecule has 15 heavy (non-hydrogen) atoms. The van der Waals surface area contributed by atoms with Gasteiger partial charge in [0.2, 0.25) is 10.0 Å². The molecule has 5 heteroatoms. The molecule has 3 nitrogen and oxygen atoms in total. The van der Waals surface area contributed by atoms with Crippen LogP contribution in [0.1, 0.15) is 32.6 Å². The van der Waals surface area contributed by atoms with E-state index in [2.05, 4.69) is 11.6 Å². The monoisotopic (exact) mass is 253 g/mol. The second-order valence-electron chi connectivity index (χ2n) is 4.38. The Hall–Kier alpha value is 0.200. The van der Waals surface area contributed by atoms with E-state index in [9.17, 15) is 8.42 Å². The lowest BCUT2D eigenvalue weighted by molar-refractivity contribution is 0.491. The second kappa shape index (κ2) is 6.06. The second-order valence-corrected chi connectivity index (χ2v) is 6.68. The highest BCUT2D eigenvalue weighted by molar-refractivity contribution is 7.89. The molecule has 0 heterocycles. The molecule has 0 aliphatic heterocycles. The lowest BCUT2D eigenvalue weighted by Gasteiger charge is -2.11. The minimum atomic E-state index is -3.06. The zero-order valence-electron chi connectivity index (χ0n) is 9.21. The largest absolute Gasteiger partial charge is 0.215 e. The van der Waals surface area contributed by atoms with Crippen molar-refractivity contribution >= 4 is 21.6 Å². The predicted molar refractivity (Wildman–Crippen MR) is 63.6 cm³/mol. The van der Waals surface area contributed by atoms with Gasteiger partial charge >= 0.3 is 0 Å². The maximum Gasteiger partial charge on any atom is 0.211 e. The van der Waals surface area contributed by atoms with Crippen molar-refractivity contribution in [3.63, 3.8) is 0 Å². The van der Waals surface area contributed by atoms with Crippen LogP contribution >= 0.6 is 11.6 Å². The molecule has 1 fully saturated rings. The molecular weight excluding hydrogens is 234 g/mol. The van der Waals surface area contributed by atoms with Crippen molar-refractivity contribution < 1.29 is 8.42 Å². The van der Waals surface area contributed by atoms with Crippen LogP contribution in [-0.2, 0) is 10.0 Å². The lowest BCUT2D eigenvalue weighted by atomic mass is 10.1. The number of rotatable bonds is 8. The molecule has 90 valence electrons. The van der Waals surface area contributed by atoms with E-state index in [0.29, 0.717) is 24.8 Å². The third-order valence-electron chi connectivity index (χ3n) is 2.85. The Bertz CT molecular complexity index is 275. The molecule has 0 bridgehead atoms. The van der Waals surface area contributed by atoms with Gasteiger partial charge in [-0.25, -0.2) is 13.1 Å². The van der Waals surface area contributed by atoms with Crippen molar-refractivity contribution in [2.24, 2.45) is 11.8 Å². The molecule has 1 aliphatic carbocycles. The van der Waals surface area contributed by atoms with Crippen LogP contribution in [0, 0.1) is 11.8 Å². The molecule has 0 radical (unpaired) electrons. The standard InChI is InChI=1S/C10H20ClNO2S/c1-9(10-4-5-10)8-12-15(13,14)7-3-2-6-11/h9-10,12H,2-8H2,1H3. The van der Waals surface area contributed by atoms with Gasteiger partial charge in [-0.1, -0.05) is 6.92 Å². The minimum absolute atomic E-state index is 0.205. The summed E-state index contributed by atoms with van der Waals surface area (Å²) in [4.78, 5) is 0. The molecule has 0 amide bonds. The van der Waals surface area contributed by atoms with Crippen LogP contribution in [0.4, 0.5) is 0 Å². The molecule has 1 saturated carbocycles. The van der Waals surface area contributed by atoms with Gasteiger partial charge in [-0.3, -0.25) is 0 Å². The van der Waals surface area contributed by atoms with Gasteiger partial charge in [0.25, 0.3) is 0 Å². The van der Waals surface area contributed by atoms with Crippen LogP contribution in [0.2, 0.25) is 0 Å². The summed E-state index contributed by atoms with van der Waals surface area (Å²) in [6, 6.07) is 0. The van der Waals surface area contributed by atoms with Crippen LogP contribution in [-0.4, -0.2) is 26.6 Å². The van der Waals surface area contributed by atoms with Crippen LogP contribution in [0.25, 0.3) is 0 Å². The van der Waals surface area contributed by atoms with Crippen molar-refractivity contribution in [3.8, 4) is 0 Å². The van der Waals surface area contributed by atoms with E-state index >= 15 is 0 Å². The Labute approximate surface area is 97.6 Å². The average molecular weight is 254 g/mol. The molecule has 1 N–H and O–H groups in total. The first-order valence-corrected chi connectivity index (χ1v) is 7.77. The Morgan fingerprint density at radius 1 is 1.40 bits per heavy atom. The van der Waals surface area contributed by atoms with Gasteiger partial charge in [0.1, 0.15) is 0 Å². The fourth-order valence-electron chi connectivity index (χ4n) is 1.55. The molecule has 0 saturated heterocycles. The molecule has 1 atom stereocenters. The van der Waals surface area contributed by atoms with Gasteiger partial charge < -0.3 is 0 Å². The molecule has 1 rings (SSSR count). The zero-order valence-corrected chi connectivity index (χ0v) is 10.8. The van der Waals surface area contributed by atoms with Crippen LogP contribution in [0.5, 0.6) is 0 Å². The first-order chi connectivity index (χ1) is 7.05. The Morgan fingerprint density at radius 2 is 2.07 bits per heavy atom. The summed E-state index contributed by atoms with van der Waals surface area (Å²) in [5.74, 6) is 1.97. The Kier molecular flexibility index (Phi) is 5.36. The number of hydrogen-bond acceptors (Lipinski definition) is 2. The van der Waals surface area contributed by atoms with E-state index in [4.69, 9.17) is 11.6 Å². The van der Waals surface area contributed by atoms with Crippen LogP contribution in [0.3, 0.4) is 0 Å². The fraction of sp³-hybridized carbons (Fsp3) is 1.00. The average Bonchev–Trinajstić information content (AvgIpc) is 2.98. The lowest BCUT2D eigenvalue weighted by Crippen LogP contribution is -2.31. The third kappa shape index (κ3) is 5.73. The number of hydrogen-bond donors (Lipinski definition) is 1. The molecule has 0 aromatic heterocycles. The van der Waals surface area contributed by atoms with E-state index < -0.39 is 10.0 Å². The smallest absolute Gasteiger partial charge is 0.211 e. The quantitative estimate of drug-likeness (QED) is 0.531. The summed E-state index contributed by atoms with van der Waals surface area (Å²) in [5, 5.41) is 0. The highest BCUT2D eigenvalue weighted by Crippen LogP contribution is 2.36. The zero-order chi connectivity index (χ0) is 11.3. The van der Waals surface area contributed by atoms with Gasteiger partial charge in [-0.2, -0.15) is 0 Å². The van der Waals surface area contributed by atoms with Crippen molar-refractivity contribution in [3.05, 3.63) is 0 Å². The van der Waals surface area contributed by atoms with Gasteiger partial charge in [-0.15, -0.1) is 11.6 Å². The molecule has 1 unspecified atom stereocenters. The van der Waals surface area contributed by atoms with Crippen LogP contribution < -0.4 is 4.72 Å². The van der Waals surface area contributed by atoms with Gasteiger partial charge in [0, 0.05) is 12.4 Å². The van der Waals surface area contributed by atoms with Crippen molar-refractivity contribution in [2.45, 2.75) is 32.6 Å². The maximum atomic E-state index is 11.5. The highest BCUT2D eigenvalue weighted by atomic mass is 35.5. The summed E-state index contributed by atoms with van der Waals surface area (Å²) < 4.78 is 25.7.